The van der Waals surface area contributed by atoms with Gasteiger partial charge in [-0.15, -0.1) is 0 Å². The highest BCUT2D eigenvalue weighted by molar-refractivity contribution is 5.43. The molecule has 1 atom stereocenters. The van der Waals surface area contributed by atoms with E-state index in [1.807, 2.05) is 37.3 Å². The van der Waals surface area contributed by atoms with Gasteiger partial charge in [-0.25, -0.2) is 4.98 Å². The molecule has 0 bridgehead atoms. The van der Waals surface area contributed by atoms with Crippen molar-refractivity contribution >= 4 is 11.8 Å². The molecule has 106 valence electrons. The summed E-state index contributed by atoms with van der Waals surface area (Å²) in [5.74, 6) is -0.372. The van der Waals surface area contributed by atoms with Gasteiger partial charge in [-0.1, -0.05) is 30.3 Å². The SMILES string of the molecule is CC(Nc1cc(C(F)(F)F)nc(N)n1)c1ccccc1. The van der Waals surface area contributed by atoms with Crippen molar-refractivity contribution in [3.05, 3.63) is 47.7 Å². The fraction of sp³-hybridized carbons (Fsp3) is 0.231. The molecule has 2 aromatic rings. The lowest BCUT2D eigenvalue weighted by molar-refractivity contribution is -0.141. The Balaban J connectivity index is 2.24. The van der Waals surface area contributed by atoms with Gasteiger partial charge in [0, 0.05) is 12.1 Å². The summed E-state index contributed by atoms with van der Waals surface area (Å²) in [5.41, 5.74) is 5.17. The number of aromatic nitrogens is 2. The molecule has 0 aliphatic heterocycles. The largest absolute Gasteiger partial charge is 0.433 e. The zero-order valence-electron chi connectivity index (χ0n) is 10.6. The van der Waals surface area contributed by atoms with Crippen molar-refractivity contribution in [2.75, 3.05) is 11.1 Å². The fourth-order valence-corrected chi connectivity index (χ4v) is 1.73. The third-order valence-electron chi connectivity index (χ3n) is 2.70. The monoisotopic (exact) mass is 282 g/mol. The Hall–Kier alpha value is -2.31. The van der Waals surface area contributed by atoms with Gasteiger partial charge in [0.25, 0.3) is 0 Å². The molecule has 2 rings (SSSR count). The van der Waals surface area contributed by atoms with Crippen LogP contribution in [0.4, 0.5) is 24.9 Å². The van der Waals surface area contributed by atoms with E-state index in [2.05, 4.69) is 15.3 Å². The Labute approximate surface area is 113 Å². The summed E-state index contributed by atoms with van der Waals surface area (Å²) in [6, 6.07) is 9.94. The number of hydrogen-bond acceptors (Lipinski definition) is 4. The normalized spacial score (nSPS) is 13.0. The maximum absolute atomic E-state index is 12.6. The molecule has 4 nitrogen and oxygen atoms in total. The molecule has 1 unspecified atom stereocenters. The average molecular weight is 282 g/mol. The Morgan fingerprint density at radius 3 is 2.40 bits per heavy atom. The first-order valence-corrected chi connectivity index (χ1v) is 5.89. The number of rotatable bonds is 3. The van der Waals surface area contributed by atoms with Crippen LogP contribution in [0.2, 0.25) is 0 Å². The van der Waals surface area contributed by atoms with Gasteiger partial charge in [-0.2, -0.15) is 18.2 Å². The van der Waals surface area contributed by atoms with Crippen LogP contribution in [0.5, 0.6) is 0 Å². The second kappa shape index (κ2) is 5.36. The van der Waals surface area contributed by atoms with Crippen LogP contribution in [0.25, 0.3) is 0 Å². The molecule has 0 amide bonds. The molecule has 1 aromatic heterocycles. The summed E-state index contributed by atoms with van der Waals surface area (Å²) < 4.78 is 37.9. The maximum Gasteiger partial charge on any atom is 0.433 e. The van der Waals surface area contributed by atoms with Crippen LogP contribution in [0.1, 0.15) is 24.2 Å². The van der Waals surface area contributed by atoms with E-state index in [-0.39, 0.29) is 11.9 Å². The van der Waals surface area contributed by atoms with Crippen molar-refractivity contribution in [1.82, 2.24) is 9.97 Å². The first kappa shape index (κ1) is 14.1. The summed E-state index contributed by atoms with van der Waals surface area (Å²) in [5, 5.41) is 2.88. The van der Waals surface area contributed by atoms with Gasteiger partial charge in [-0.05, 0) is 12.5 Å². The number of nitrogens with two attached hydrogens (primary N) is 1. The number of nitrogen functional groups attached to an aromatic ring is 1. The van der Waals surface area contributed by atoms with Gasteiger partial charge in [0.05, 0.1) is 0 Å². The molecule has 0 radical (unpaired) electrons. The molecular weight excluding hydrogens is 269 g/mol. The predicted octanol–water partition coefficient (Wildman–Crippen LogP) is 3.25. The van der Waals surface area contributed by atoms with Gasteiger partial charge < -0.3 is 11.1 Å². The van der Waals surface area contributed by atoms with E-state index >= 15 is 0 Å². The van der Waals surface area contributed by atoms with E-state index in [0.29, 0.717) is 0 Å². The number of hydrogen-bond donors (Lipinski definition) is 2. The smallest absolute Gasteiger partial charge is 0.368 e. The summed E-state index contributed by atoms with van der Waals surface area (Å²) >= 11 is 0. The fourth-order valence-electron chi connectivity index (χ4n) is 1.73. The van der Waals surface area contributed by atoms with Crippen molar-refractivity contribution in [3.8, 4) is 0 Å². The van der Waals surface area contributed by atoms with Crippen LogP contribution < -0.4 is 11.1 Å². The van der Waals surface area contributed by atoms with Gasteiger partial charge >= 0.3 is 6.18 Å². The number of nitrogens with one attached hydrogen (secondary N) is 1. The molecule has 0 spiro atoms. The highest BCUT2D eigenvalue weighted by Crippen LogP contribution is 2.30. The van der Waals surface area contributed by atoms with Crippen molar-refractivity contribution in [2.24, 2.45) is 0 Å². The Bertz CT molecular complexity index is 584. The third kappa shape index (κ3) is 3.37. The van der Waals surface area contributed by atoms with Crippen molar-refractivity contribution in [1.29, 1.82) is 0 Å². The van der Waals surface area contributed by atoms with Gasteiger partial charge in [-0.3, -0.25) is 0 Å². The number of benzene rings is 1. The minimum atomic E-state index is -4.55. The number of halogens is 3. The molecule has 20 heavy (non-hydrogen) atoms. The highest BCUT2D eigenvalue weighted by atomic mass is 19.4. The van der Waals surface area contributed by atoms with Crippen LogP contribution in [0.15, 0.2) is 36.4 Å². The molecular formula is C13H13F3N4. The molecule has 0 aliphatic carbocycles. The lowest BCUT2D eigenvalue weighted by atomic mass is 10.1. The Morgan fingerprint density at radius 2 is 1.80 bits per heavy atom. The summed E-state index contributed by atoms with van der Waals surface area (Å²) in [7, 11) is 0. The predicted molar refractivity (Wildman–Crippen MR) is 69.9 cm³/mol. The third-order valence-corrected chi connectivity index (χ3v) is 2.70. The van der Waals surface area contributed by atoms with Crippen LogP contribution in [-0.4, -0.2) is 9.97 Å². The van der Waals surface area contributed by atoms with Crippen LogP contribution >= 0.6 is 0 Å². The standard InChI is InChI=1S/C13H13F3N4/c1-8(9-5-3-2-4-6-9)18-11-7-10(13(14,15)16)19-12(17)20-11/h2-8H,1H3,(H3,17,18,19,20). The highest BCUT2D eigenvalue weighted by Gasteiger charge is 2.33. The lowest BCUT2D eigenvalue weighted by Crippen LogP contribution is -2.14. The van der Waals surface area contributed by atoms with Crippen molar-refractivity contribution < 1.29 is 13.2 Å². The van der Waals surface area contributed by atoms with E-state index < -0.39 is 17.8 Å². The molecule has 0 saturated heterocycles. The molecule has 1 aromatic carbocycles. The average Bonchev–Trinajstić information content (AvgIpc) is 2.38. The van der Waals surface area contributed by atoms with Gasteiger partial charge in [0.2, 0.25) is 5.95 Å². The van der Waals surface area contributed by atoms with E-state index in [0.717, 1.165) is 11.6 Å². The van der Waals surface area contributed by atoms with E-state index in [9.17, 15) is 13.2 Å². The van der Waals surface area contributed by atoms with Crippen LogP contribution in [0.3, 0.4) is 0 Å². The minimum Gasteiger partial charge on any atom is -0.368 e. The first-order chi connectivity index (χ1) is 9.36. The first-order valence-electron chi connectivity index (χ1n) is 5.89. The second-order valence-electron chi connectivity index (χ2n) is 4.27. The topological polar surface area (TPSA) is 63.8 Å². The molecule has 0 aliphatic rings. The van der Waals surface area contributed by atoms with Crippen molar-refractivity contribution in [3.63, 3.8) is 0 Å². The lowest BCUT2D eigenvalue weighted by Gasteiger charge is -2.16. The molecule has 0 fully saturated rings. The quantitative estimate of drug-likeness (QED) is 0.907. The zero-order valence-corrected chi connectivity index (χ0v) is 10.6. The van der Waals surface area contributed by atoms with Gasteiger partial charge in [0.15, 0.2) is 5.69 Å². The number of alkyl halides is 3. The van der Waals surface area contributed by atoms with Crippen LogP contribution in [0, 0.1) is 0 Å². The Kier molecular flexibility index (Phi) is 3.78. The molecule has 7 heteroatoms. The summed E-state index contributed by atoms with van der Waals surface area (Å²) in [6.45, 7) is 1.82. The van der Waals surface area contributed by atoms with E-state index in [4.69, 9.17) is 5.73 Å². The van der Waals surface area contributed by atoms with Gasteiger partial charge in [0.1, 0.15) is 5.82 Å². The zero-order chi connectivity index (χ0) is 14.8. The Morgan fingerprint density at radius 1 is 1.15 bits per heavy atom. The molecule has 3 N–H and O–H groups in total. The van der Waals surface area contributed by atoms with Crippen LogP contribution in [-0.2, 0) is 6.18 Å². The maximum atomic E-state index is 12.6. The molecule has 0 saturated carbocycles. The second-order valence-corrected chi connectivity index (χ2v) is 4.27. The number of nitrogens with zero attached hydrogens (tertiary/aromatic N) is 2. The molecule has 1 heterocycles. The summed E-state index contributed by atoms with van der Waals surface area (Å²) in [6.07, 6.45) is -4.55. The van der Waals surface area contributed by atoms with E-state index in [1.54, 1.807) is 0 Å². The van der Waals surface area contributed by atoms with Crippen molar-refractivity contribution in [2.45, 2.75) is 19.1 Å². The number of anilines is 2. The van der Waals surface area contributed by atoms with E-state index in [1.165, 1.54) is 0 Å². The summed E-state index contributed by atoms with van der Waals surface area (Å²) in [4.78, 5) is 6.96. The minimum absolute atomic E-state index is 0.0428.